The van der Waals surface area contributed by atoms with Crippen molar-refractivity contribution >= 4 is 17.5 Å². The Bertz CT molecular complexity index is 1100. The van der Waals surface area contributed by atoms with Crippen LogP contribution in [0.2, 0.25) is 0 Å². The third-order valence-corrected chi connectivity index (χ3v) is 5.15. The van der Waals surface area contributed by atoms with Crippen LogP contribution >= 0.6 is 0 Å². The van der Waals surface area contributed by atoms with Crippen LogP contribution in [0, 0.1) is 6.92 Å². The molecule has 7 heteroatoms. The quantitative estimate of drug-likeness (QED) is 0.742. The van der Waals surface area contributed by atoms with Crippen LogP contribution in [0.3, 0.4) is 0 Å². The van der Waals surface area contributed by atoms with E-state index in [9.17, 15) is 9.59 Å². The minimum absolute atomic E-state index is 0.210. The molecule has 0 bridgehead atoms. The number of ether oxygens (including phenoxy) is 1. The van der Waals surface area contributed by atoms with Crippen LogP contribution in [0.1, 0.15) is 38.4 Å². The number of aryl methyl sites for hydroxylation is 1. The summed E-state index contributed by atoms with van der Waals surface area (Å²) in [6.45, 7) is 2.55. The molecule has 0 spiro atoms. The molecular formula is C22H22N4O3. The van der Waals surface area contributed by atoms with Gasteiger partial charge in [-0.15, -0.1) is 0 Å². The summed E-state index contributed by atoms with van der Waals surface area (Å²) < 4.78 is 7.07. The molecule has 1 aliphatic heterocycles. The summed E-state index contributed by atoms with van der Waals surface area (Å²) >= 11 is 0. The van der Waals surface area contributed by atoms with E-state index in [4.69, 9.17) is 10.5 Å². The van der Waals surface area contributed by atoms with Gasteiger partial charge in [0.25, 0.3) is 5.91 Å². The molecule has 2 amide bonds. The van der Waals surface area contributed by atoms with Crippen LogP contribution in [-0.4, -0.2) is 35.2 Å². The molecule has 3 aromatic rings. The first-order valence-corrected chi connectivity index (χ1v) is 9.44. The third kappa shape index (κ3) is 3.35. The zero-order valence-electron chi connectivity index (χ0n) is 16.4. The molecule has 0 saturated carbocycles. The normalized spacial score (nSPS) is 13.1. The van der Waals surface area contributed by atoms with Gasteiger partial charge in [-0.25, -0.2) is 4.68 Å². The number of nitrogens with zero attached hydrogens (tertiary/aromatic N) is 3. The van der Waals surface area contributed by atoms with Crippen LogP contribution in [0.4, 0.5) is 5.69 Å². The van der Waals surface area contributed by atoms with Crippen LogP contribution in [0.15, 0.2) is 48.7 Å². The summed E-state index contributed by atoms with van der Waals surface area (Å²) in [5.41, 5.74) is 9.67. The number of hydrogen-bond donors (Lipinski definition) is 1. The number of benzene rings is 2. The van der Waals surface area contributed by atoms with Crippen molar-refractivity contribution in [3.63, 3.8) is 0 Å². The molecule has 0 fully saturated rings. The van der Waals surface area contributed by atoms with Crippen molar-refractivity contribution in [3.8, 4) is 11.4 Å². The van der Waals surface area contributed by atoms with Crippen molar-refractivity contribution in [2.45, 2.75) is 19.8 Å². The number of anilines is 1. The Kier molecular flexibility index (Phi) is 4.80. The highest BCUT2D eigenvalue weighted by atomic mass is 16.5. The highest BCUT2D eigenvalue weighted by Crippen LogP contribution is 2.31. The predicted octanol–water partition coefficient (Wildman–Crippen LogP) is 2.88. The van der Waals surface area contributed by atoms with Crippen LogP contribution < -0.4 is 15.4 Å². The minimum atomic E-state index is -0.480. The summed E-state index contributed by atoms with van der Waals surface area (Å²) in [6.07, 6.45) is 3.22. The summed E-state index contributed by atoms with van der Waals surface area (Å²) in [4.78, 5) is 26.6. The lowest BCUT2D eigenvalue weighted by atomic mass is 9.95. The molecule has 4 rings (SSSR count). The van der Waals surface area contributed by atoms with E-state index in [0.717, 1.165) is 28.9 Å². The van der Waals surface area contributed by atoms with Gasteiger partial charge in [0, 0.05) is 24.0 Å². The average Bonchev–Trinajstić information content (AvgIpc) is 3.22. The molecule has 29 heavy (non-hydrogen) atoms. The number of carbonyl (C=O) groups is 2. The first kappa shape index (κ1) is 18.7. The van der Waals surface area contributed by atoms with Crippen LogP contribution in [0.25, 0.3) is 5.69 Å². The van der Waals surface area contributed by atoms with Crippen molar-refractivity contribution in [2.75, 3.05) is 18.6 Å². The van der Waals surface area contributed by atoms with E-state index in [2.05, 4.69) is 5.10 Å². The lowest BCUT2D eigenvalue weighted by Gasteiger charge is -2.30. The van der Waals surface area contributed by atoms with Gasteiger partial charge in [0.05, 0.1) is 7.11 Å². The second kappa shape index (κ2) is 7.43. The van der Waals surface area contributed by atoms with E-state index in [1.54, 1.807) is 41.1 Å². The molecule has 2 aromatic carbocycles. The van der Waals surface area contributed by atoms with E-state index >= 15 is 0 Å². The lowest BCUT2D eigenvalue weighted by molar-refractivity contribution is 0.0973. The van der Waals surface area contributed by atoms with Gasteiger partial charge in [0.15, 0.2) is 5.69 Å². The summed E-state index contributed by atoms with van der Waals surface area (Å²) in [5.74, 6) is -0.0166. The third-order valence-electron chi connectivity index (χ3n) is 5.15. The maximum Gasteiger partial charge on any atom is 0.278 e. The van der Waals surface area contributed by atoms with Gasteiger partial charge in [-0.2, -0.15) is 5.10 Å². The fraction of sp³-hybridized carbons (Fsp3) is 0.227. The fourth-order valence-corrected chi connectivity index (χ4v) is 3.76. The number of primary amides is 1. The van der Waals surface area contributed by atoms with Gasteiger partial charge in [0.2, 0.25) is 5.91 Å². The van der Waals surface area contributed by atoms with Crippen molar-refractivity contribution < 1.29 is 14.3 Å². The second-order valence-corrected chi connectivity index (χ2v) is 7.05. The smallest absolute Gasteiger partial charge is 0.278 e. The number of nitrogens with two attached hydrogens (primary N) is 1. The van der Waals surface area contributed by atoms with E-state index in [0.29, 0.717) is 30.0 Å². The zero-order chi connectivity index (χ0) is 20.5. The van der Waals surface area contributed by atoms with E-state index in [1.165, 1.54) is 0 Å². The number of amides is 2. The molecule has 2 N–H and O–H groups in total. The topological polar surface area (TPSA) is 90.5 Å². The van der Waals surface area contributed by atoms with Gasteiger partial charge in [-0.1, -0.05) is 12.1 Å². The Balaban J connectivity index is 1.69. The number of rotatable bonds is 4. The Morgan fingerprint density at radius 1 is 1.14 bits per heavy atom. The molecule has 0 saturated heterocycles. The molecule has 0 aliphatic carbocycles. The van der Waals surface area contributed by atoms with E-state index in [-0.39, 0.29) is 5.91 Å². The molecule has 0 radical (unpaired) electrons. The molecule has 148 valence electrons. The molecule has 2 heterocycles. The van der Waals surface area contributed by atoms with Crippen LogP contribution in [0.5, 0.6) is 5.75 Å². The lowest BCUT2D eigenvalue weighted by Crippen LogP contribution is -2.36. The van der Waals surface area contributed by atoms with Crippen molar-refractivity contribution in [3.05, 3.63) is 71.0 Å². The predicted molar refractivity (Wildman–Crippen MR) is 110 cm³/mol. The van der Waals surface area contributed by atoms with Gasteiger partial charge in [-0.3, -0.25) is 9.59 Å². The van der Waals surface area contributed by atoms with Crippen LogP contribution in [-0.2, 0) is 6.42 Å². The average molecular weight is 390 g/mol. The highest BCUT2D eigenvalue weighted by Gasteiger charge is 2.27. The molecular weight excluding hydrogens is 368 g/mol. The Hall–Kier alpha value is -3.61. The Morgan fingerprint density at radius 3 is 2.72 bits per heavy atom. The summed E-state index contributed by atoms with van der Waals surface area (Å²) in [5, 5.41) is 4.49. The molecule has 0 atom stereocenters. The van der Waals surface area contributed by atoms with Crippen molar-refractivity contribution in [1.82, 2.24) is 9.78 Å². The summed E-state index contributed by atoms with van der Waals surface area (Å²) in [7, 11) is 1.60. The standard InChI is InChI=1S/C22H22N4O3/c1-14-8-9-20(29-2)19(13-14)26-12-10-17(24-26)22(28)25-11-4-6-15-16(21(23)27)5-3-7-18(15)25/h3,5,7-10,12-13H,4,6,11H2,1-2H3,(H2,23,27). The number of hydrogen-bond acceptors (Lipinski definition) is 4. The monoisotopic (exact) mass is 390 g/mol. The van der Waals surface area contributed by atoms with E-state index < -0.39 is 5.91 Å². The molecule has 0 unspecified atom stereocenters. The first-order valence-electron chi connectivity index (χ1n) is 9.44. The fourth-order valence-electron chi connectivity index (χ4n) is 3.76. The van der Waals surface area contributed by atoms with Crippen molar-refractivity contribution in [2.24, 2.45) is 5.73 Å². The first-order chi connectivity index (χ1) is 14.0. The maximum atomic E-state index is 13.2. The van der Waals surface area contributed by atoms with Gasteiger partial charge >= 0.3 is 0 Å². The summed E-state index contributed by atoms with van der Waals surface area (Å²) in [6, 6.07) is 12.8. The molecule has 1 aliphatic rings. The van der Waals surface area contributed by atoms with Gasteiger partial charge in [-0.05, 0) is 61.2 Å². The Morgan fingerprint density at radius 2 is 1.97 bits per heavy atom. The maximum absolute atomic E-state index is 13.2. The largest absolute Gasteiger partial charge is 0.494 e. The Labute approximate surface area is 168 Å². The van der Waals surface area contributed by atoms with Gasteiger partial charge < -0.3 is 15.4 Å². The SMILES string of the molecule is COc1ccc(C)cc1-n1ccc(C(=O)N2CCCc3c(C(N)=O)cccc32)n1. The number of aromatic nitrogens is 2. The minimum Gasteiger partial charge on any atom is -0.494 e. The second-order valence-electron chi connectivity index (χ2n) is 7.05. The number of fused-ring (bicyclic) bond motifs is 1. The zero-order valence-corrected chi connectivity index (χ0v) is 16.4. The number of methoxy groups -OCH3 is 1. The number of carbonyl (C=O) groups excluding carboxylic acids is 2. The highest BCUT2D eigenvalue weighted by molar-refractivity contribution is 6.07. The molecule has 1 aromatic heterocycles. The van der Waals surface area contributed by atoms with Crippen molar-refractivity contribution in [1.29, 1.82) is 0 Å². The van der Waals surface area contributed by atoms with E-state index in [1.807, 2.05) is 31.2 Å². The molecule has 7 nitrogen and oxygen atoms in total. The van der Waals surface area contributed by atoms with Gasteiger partial charge in [0.1, 0.15) is 11.4 Å².